The van der Waals surface area contributed by atoms with Gasteiger partial charge in [-0.3, -0.25) is 4.79 Å². The molecule has 0 aromatic carbocycles. The molecule has 362 valence electrons. The van der Waals surface area contributed by atoms with Gasteiger partial charge in [0.1, 0.15) is 24.4 Å². The van der Waals surface area contributed by atoms with E-state index < -0.39 is 49.5 Å². The minimum absolute atomic E-state index is 0.191. The molecule has 0 saturated carbocycles. The minimum Gasteiger partial charge on any atom is -0.394 e. The minimum atomic E-state index is -1.57. The van der Waals surface area contributed by atoms with Crippen molar-refractivity contribution < 1.29 is 39.8 Å². The van der Waals surface area contributed by atoms with E-state index in [4.69, 9.17) is 9.47 Å². The highest BCUT2D eigenvalue weighted by Gasteiger charge is 2.44. The summed E-state index contributed by atoms with van der Waals surface area (Å²) in [5.41, 5.74) is 0. The van der Waals surface area contributed by atoms with Gasteiger partial charge in [0.2, 0.25) is 5.91 Å². The van der Waals surface area contributed by atoms with Crippen molar-refractivity contribution in [1.29, 1.82) is 0 Å². The molecule has 0 aromatic rings. The van der Waals surface area contributed by atoms with Gasteiger partial charge < -0.3 is 40.3 Å². The number of amides is 1. The Balaban J connectivity index is 2.32. The van der Waals surface area contributed by atoms with Crippen LogP contribution in [0.4, 0.5) is 0 Å². The average molecular weight is 876 g/mol. The van der Waals surface area contributed by atoms with Gasteiger partial charge >= 0.3 is 0 Å². The standard InChI is InChI=1S/C53H97NO8/c1-3-5-7-9-11-13-15-17-19-21-23-24-25-27-29-31-33-35-37-39-41-43-49(57)54-46(45-61-53-52(60)51(59)50(58)48(44-55)62-53)47(56)42-40-38-36-34-32-30-28-26-22-20-18-16-14-12-10-8-6-4-2/h15,17,21,23,32,34,40,42,46-48,50-53,55-56,58-60H,3-14,16,18-20,22,24-31,33,35-39,41,43-45H2,1-2H3,(H,54,57)/b17-15-,23-21-,34-32+,42-40+. The van der Waals surface area contributed by atoms with Gasteiger partial charge in [0.05, 0.1) is 25.4 Å². The van der Waals surface area contributed by atoms with E-state index in [0.29, 0.717) is 6.42 Å². The largest absolute Gasteiger partial charge is 0.394 e. The molecule has 62 heavy (non-hydrogen) atoms. The van der Waals surface area contributed by atoms with E-state index >= 15 is 0 Å². The van der Waals surface area contributed by atoms with Crippen molar-refractivity contribution in [3.63, 3.8) is 0 Å². The zero-order valence-corrected chi connectivity index (χ0v) is 39.9. The van der Waals surface area contributed by atoms with E-state index in [1.54, 1.807) is 6.08 Å². The van der Waals surface area contributed by atoms with Crippen molar-refractivity contribution in [1.82, 2.24) is 5.32 Å². The van der Waals surface area contributed by atoms with Gasteiger partial charge in [-0.2, -0.15) is 0 Å². The molecule has 9 heteroatoms. The summed E-state index contributed by atoms with van der Waals surface area (Å²) in [7, 11) is 0. The monoisotopic (exact) mass is 876 g/mol. The molecular weight excluding hydrogens is 779 g/mol. The van der Waals surface area contributed by atoms with Crippen LogP contribution in [-0.2, 0) is 14.3 Å². The summed E-state index contributed by atoms with van der Waals surface area (Å²) in [5, 5.41) is 54.3. The van der Waals surface area contributed by atoms with Gasteiger partial charge in [-0.05, 0) is 64.2 Å². The number of aliphatic hydroxyl groups is 5. The molecular formula is C53H97NO8. The molecule has 1 aliphatic rings. The molecule has 1 amide bonds. The molecule has 0 spiro atoms. The Morgan fingerprint density at radius 2 is 0.968 bits per heavy atom. The Bertz CT molecular complexity index is 1110. The Morgan fingerprint density at radius 1 is 0.548 bits per heavy atom. The van der Waals surface area contributed by atoms with Gasteiger partial charge in [-0.1, -0.05) is 204 Å². The summed E-state index contributed by atoms with van der Waals surface area (Å²) in [6, 6.07) is -0.824. The van der Waals surface area contributed by atoms with Crippen molar-refractivity contribution in [3.8, 4) is 0 Å². The number of nitrogens with one attached hydrogen (secondary N) is 1. The fraction of sp³-hybridized carbons (Fsp3) is 0.830. The smallest absolute Gasteiger partial charge is 0.220 e. The van der Waals surface area contributed by atoms with E-state index in [1.807, 2.05) is 6.08 Å². The Hall–Kier alpha value is -1.85. The summed E-state index contributed by atoms with van der Waals surface area (Å²) in [5.74, 6) is -0.191. The molecule has 1 aliphatic heterocycles. The number of hydrogen-bond acceptors (Lipinski definition) is 8. The zero-order chi connectivity index (χ0) is 45.1. The predicted molar refractivity (Wildman–Crippen MR) is 258 cm³/mol. The van der Waals surface area contributed by atoms with Crippen LogP contribution >= 0.6 is 0 Å². The van der Waals surface area contributed by atoms with E-state index in [1.165, 1.54) is 154 Å². The van der Waals surface area contributed by atoms with Crippen LogP contribution in [0.15, 0.2) is 48.6 Å². The van der Waals surface area contributed by atoms with Crippen molar-refractivity contribution in [3.05, 3.63) is 48.6 Å². The molecule has 9 nitrogen and oxygen atoms in total. The lowest BCUT2D eigenvalue weighted by Crippen LogP contribution is -2.60. The van der Waals surface area contributed by atoms with Gasteiger partial charge in [0.25, 0.3) is 0 Å². The molecule has 0 aliphatic carbocycles. The number of rotatable bonds is 43. The third-order valence-corrected chi connectivity index (χ3v) is 12.1. The van der Waals surface area contributed by atoms with Crippen LogP contribution in [0.1, 0.15) is 226 Å². The van der Waals surface area contributed by atoms with Gasteiger partial charge in [0, 0.05) is 6.42 Å². The summed E-state index contributed by atoms with van der Waals surface area (Å²) in [6.45, 7) is 3.75. The first-order valence-corrected chi connectivity index (χ1v) is 25.9. The van der Waals surface area contributed by atoms with Crippen molar-refractivity contribution in [2.24, 2.45) is 0 Å². The topological polar surface area (TPSA) is 149 Å². The molecule has 7 atom stereocenters. The van der Waals surface area contributed by atoms with E-state index in [9.17, 15) is 30.3 Å². The van der Waals surface area contributed by atoms with Crippen molar-refractivity contribution in [2.75, 3.05) is 13.2 Å². The average Bonchev–Trinajstić information content (AvgIpc) is 3.27. The van der Waals surface area contributed by atoms with Crippen LogP contribution in [0.5, 0.6) is 0 Å². The molecule has 1 heterocycles. The van der Waals surface area contributed by atoms with Crippen molar-refractivity contribution in [2.45, 2.75) is 269 Å². The van der Waals surface area contributed by atoms with Crippen LogP contribution in [0.2, 0.25) is 0 Å². The maximum Gasteiger partial charge on any atom is 0.220 e. The highest BCUT2D eigenvalue weighted by Crippen LogP contribution is 2.23. The maximum atomic E-state index is 13.0. The van der Waals surface area contributed by atoms with Gasteiger partial charge in [-0.25, -0.2) is 0 Å². The first-order chi connectivity index (χ1) is 30.3. The second-order valence-electron chi connectivity index (χ2n) is 18.0. The highest BCUT2D eigenvalue weighted by atomic mass is 16.7. The third-order valence-electron chi connectivity index (χ3n) is 12.1. The molecule has 1 rings (SSSR count). The fourth-order valence-electron chi connectivity index (χ4n) is 7.97. The normalized spacial score (nSPS) is 20.7. The van der Waals surface area contributed by atoms with E-state index in [0.717, 1.165) is 51.4 Å². The Morgan fingerprint density at radius 3 is 1.45 bits per heavy atom. The first kappa shape index (κ1) is 58.2. The molecule has 6 N–H and O–H groups in total. The lowest BCUT2D eigenvalue weighted by atomic mass is 9.99. The van der Waals surface area contributed by atoms with Gasteiger partial charge in [0.15, 0.2) is 6.29 Å². The Labute approximate surface area is 380 Å². The van der Waals surface area contributed by atoms with Crippen LogP contribution in [0.25, 0.3) is 0 Å². The molecule has 0 aromatic heterocycles. The number of aliphatic hydroxyl groups excluding tert-OH is 5. The van der Waals surface area contributed by atoms with Crippen LogP contribution in [-0.4, -0.2) is 87.5 Å². The molecule has 0 radical (unpaired) electrons. The summed E-state index contributed by atoms with van der Waals surface area (Å²) < 4.78 is 11.2. The lowest BCUT2D eigenvalue weighted by molar-refractivity contribution is -0.302. The molecule has 0 bridgehead atoms. The van der Waals surface area contributed by atoms with Crippen LogP contribution in [0, 0.1) is 0 Å². The third kappa shape index (κ3) is 32.8. The Kier molecular flexibility index (Phi) is 40.4. The predicted octanol–water partition coefficient (Wildman–Crippen LogP) is 11.8. The molecule has 1 fully saturated rings. The summed E-state index contributed by atoms with van der Waals surface area (Å²) >= 11 is 0. The highest BCUT2D eigenvalue weighted by molar-refractivity contribution is 5.76. The number of ether oxygens (including phenoxy) is 2. The maximum absolute atomic E-state index is 13.0. The van der Waals surface area contributed by atoms with Gasteiger partial charge in [-0.15, -0.1) is 0 Å². The first-order valence-electron chi connectivity index (χ1n) is 25.9. The number of carbonyl (C=O) groups is 1. The number of allylic oxidation sites excluding steroid dienone is 7. The quantitative estimate of drug-likeness (QED) is 0.0262. The van der Waals surface area contributed by atoms with E-state index in [-0.39, 0.29) is 12.5 Å². The van der Waals surface area contributed by atoms with E-state index in [2.05, 4.69) is 55.6 Å². The number of unbranched alkanes of at least 4 members (excludes halogenated alkanes) is 27. The summed E-state index contributed by atoms with van der Waals surface area (Å²) in [6.07, 6.45) is 48.7. The zero-order valence-electron chi connectivity index (χ0n) is 39.9. The molecule has 7 unspecified atom stereocenters. The molecule has 1 saturated heterocycles. The number of carbonyl (C=O) groups excluding carboxylic acids is 1. The van der Waals surface area contributed by atoms with Crippen molar-refractivity contribution >= 4 is 5.91 Å². The summed E-state index contributed by atoms with van der Waals surface area (Å²) in [4.78, 5) is 13.0. The lowest BCUT2D eigenvalue weighted by Gasteiger charge is -2.40. The second kappa shape index (κ2) is 43.1. The fourth-order valence-corrected chi connectivity index (χ4v) is 7.97. The second-order valence-corrected chi connectivity index (χ2v) is 18.0. The number of hydrogen-bond donors (Lipinski definition) is 6. The van der Waals surface area contributed by atoms with Crippen LogP contribution in [0.3, 0.4) is 0 Å². The van der Waals surface area contributed by atoms with Crippen LogP contribution < -0.4 is 5.32 Å². The SMILES string of the molecule is CCCCCCC/C=C\C/C=C\CCCCCCCCCCCC(=O)NC(COC1OC(CO)C(O)C(O)C1O)C(O)/C=C/CC/C=C/CCCCCCCCCCCCCC.